The van der Waals surface area contributed by atoms with Gasteiger partial charge in [-0.2, -0.15) is 0 Å². The fraction of sp³-hybridized carbons (Fsp3) is 0.480. The lowest BCUT2D eigenvalue weighted by Gasteiger charge is -2.32. The Balaban J connectivity index is 1.45. The third-order valence-corrected chi connectivity index (χ3v) is 5.57. The second kappa shape index (κ2) is 13.1. The standard InChI is InChI=1S/C25H37N5O2/c1-26-25(28-23-6-4-7-24(18-23)32-17-5-16-31-3)27-19-21-8-10-22(11-9-21)20-30-14-12-29(2)13-15-30/h4,6-11,18H,5,12-17,19-20H2,1-3H3,(H2,26,27,28). The van der Waals surface area contributed by atoms with Crippen LogP contribution in [0.25, 0.3) is 0 Å². The molecule has 2 N–H and O–H groups in total. The number of likely N-dealkylation sites (N-methyl/N-ethyl adjacent to an activating group) is 1. The number of rotatable bonds is 10. The highest BCUT2D eigenvalue weighted by atomic mass is 16.5. The van der Waals surface area contributed by atoms with E-state index >= 15 is 0 Å². The third-order valence-electron chi connectivity index (χ3n) is 5.57. The zero-order chi connectivity index (χ0) is 22.6. The Morgan fingerprint density at radius 3 is 2.47 bits per heavy atom. The lowest BCUT2D eigenvalue weighted by atomic mass is 10.1. The Bertz CT molecular complexity index is 832. The van der Waals surface area contributed by atoms with Gasteiger partial charge in [0.25, 0.3) is 0 Å². The first-order valence-electron chi connectivity index (χ1n) is 11.3. The molecule has 3 rings (SSSR count). The second-order valence-electron chi connectivity index (χ2n) is 8.17. The van der Waals surface area contributed by atoms with Gasteiger partial charge in [-0.25, -0.2) is 0 Å². The van der Waals surface area contributed by atoms with E-state index in [0.717, 1.165) is 56.5 Å². The van der Waals surface area contributed by atoms with Gasteiger partial charge in [0.15, 0.2) is 5.96 Å². The molecule has 0 aromatic heterocycles. The van der Waals surface area contributed by atoms with Crippen molar-refractivity contribution < 1.29 is 9.47 Å². The zero-order valence-corrected chi connectivity index (χ0v) is 19.6. The van der Waals surface area contributed by atoms with E-state index in [1.54, 1.807) is 14.2 Å². The molecule has 0 bridgehead atoms. The second-order valence-corrected chi connectivity index (χ2v) is 8.17. The summed E-state index contributed by atoms with van der Waals surface area (Å²) in [6, 6.07) is 16.8. The molecule has 0 saturated carbocycles. The van der Waals surface area contributed by atoms with E-state index in [1.807, 2.05) is 24.3 Å². The minimum Gasteiger partial charge on any atom is -0.493 e. The number of benzene rings is 2. The van der Waals surface area contributed by atoms with Gasteiger partial charge in [0, 0.05) is 78.2 Å². The van der Waals surface area contributed by atoms with Gasteiger partial charge in [-0.15, -0.1) is 0 Å². The molecular weight excluding hydrogens is 402 g/mol. The number of methoxy groups -OCH3 is 1. The van der Waals surface area contributed by atoms with E-state index in [1.165, 1.54) is 11.1 Å². The lowest BCUT2D eigenvalue weighted by Crippen LogP contribution is -2.43. The first kappa shape index (κ1) is 24.0. The van der Waals surface area contributed by atoms with E-state index in [-0.39, 0.29) is 0 Å². The van der Waals surface area contributed by atoms with Crippen LogP contribution in [0.15, 0.2) is 53.5 Å². The maximum absolute atomic E-state index is 5.78. The number of hydrogen-bond acceptors (Lipinski definition) is 5. The van der Waals surface area contributed by atoms with E-state index in [0.29, 0.717) is 19.8 Å². The van der Waals surface area contributed by atoms with Gasteiger partial charge in [0.05, 0.1) is 6.61 Å². The van der Waals surface area contributed by atoms with Crippen LogP contribution in [-0.4, -0.2) is 76.4 Å². The molecule has 2 aromatic rings. The number of nitrogens with zero attached hydrogens (tertiary/aromatic N) is 3. The summed E-state index contributed by atoms with van der Waals surface area (Å²) in [6.45, 7) is 7.65. The summed E-state index contributed by atoms with van der Waals surface area (Å²) < 4.78 is 10.8. The van der Waals surface area contributed by atoms with Crippen molar-refractivity contribution in [2.75, 3.05) is 65.9 Å². The number of piperazine rings is 1. The number of guanidine groups is 1. The van der Waals surface area contributed by atoms with Crippen molar-refractivity contribution in [2.45, 2.75) is 19.5 Å². The number of hydrogen-bond donors (Lipinski definition) is 2. The maximum atomic E-state index is 5.78. The molecule has 2 aromatic carbocycles. The van der Waals surface area contributed by atoms with Crippen LogP contribution in [0, 0.1) is 0 Å². The van der Waals surface area contributed by atoms with Crippen molar-refractivity contribution in [3.8, 4) is 5.75 Å². The summed E-state index contributed by atoms with van der Waals surface area (Å²) in [5.41, 5.74) is 3.53. The molecule has 0 unspecified atom stereocenters. The van der Waals surface area contributed by atoms with Gasteiger partial charge in [-0.3, -0.25) is 9.89 Å². The van der Waals surface area contributed by atoms with Gasteiger partial charge >= 0.3 is 0 Å². The first-order chi connectivity index (χ1) is 15.7. The predicted molar refractivity (Wildman–Crippen MR) is 131 cm³/mol. The molecule has 7 heteroatoms. The largest absolute Gasteiger partial charge is 0.493 e. The smallest absolute Gasteiger partial charge is 0.195 e. The average molecular weight is 440 g/mol. The molecule has 0 spiro atoms. The van der Waals surface area contributed by atoms with Gasteiger partial charge in [-0.1, -0.05) is 30.3 Å². The summed E-state index contributed by atoms with van der Waals surface area (Å²) in [7, 11) is 5.67. The van der Waals surface area contributed by atoms with E-state index in [2.05, 4.69) is 56.7 Å². The molecule has 1 aliphatic heterocycles. The van der Waals surface area contributed by atoms with Crippen LogP contribution in [-0.2, 0) is 17.8 Å². The Hall–Kier alpha value is -2.61. The molecule has 0 aliphatic carbocycles. The third kappa shape index (κ3) is 8.15. The molecule has 0 amide bonds. The average Bonchev–Trinajstić information content (AvgIpc) is 2.82. The molecule has 32 heavy (non-hydrogen) atoms. The molecule has 1 fully saturated rings. The number of nitrogens with one attached hydrogen (secondary N) is 2. The van der Waals surface area contributed by atoms with Crippen LogP contribution in [0.3, 0.4) is 0 Å². The Morgan fingerprint density at radius 2 is 1.75 bits per heavy atom. The summed E-state index contributed by atoms with van der Waals surface area (Å²) in [5.74, 6) is 1.56. The highest BCUT2D eigenvalue weighted by Crippen LogP contribution is 2.17. The predicted octanol–water partition coefficient (Wildman–Crippen LogP) is 3.04. The van der Waals surface area contributed by atoms with Crippen molar-refractivity contribution in [3.05, 3.63) is 59.7 Å². The zero-order valence-electron chi connectivity index (χ0n) is 19.6. The fourth-order valence-corrected chi connectivity index (χ4v) is 3.59. The molecular formula is C25H37N5O2. The van der Waals surface area contributed by atoms with Crippen LogP contribution in [0.2, 0.25) is 0 Å². The number of anilines is 1. The Kier molecular flexibility index (Phi) is 9.81. The van der Waals surface area contributed by atoms with Crippen LogP contribution < -0.4 is 15.4 Å². The number of aliphatic imine (C=N–C) groups is 1. The monoisotopic (exact) mass is 439 g/mol. The van der Waals surface area contributed by atoms with Gasteiger partial charge < -0.3 is 25.0 Å². The summed E-state index contributed by atoms with van der Waals surface area (Å²) >= 11 is 0. The summed E-state index contributed by atoms with van der Waals surface area (Å²) in [5, 5.41) is 6.72. The molecule has 1 aliphatic rings. The molecule has 7 nitrogen and oxygen atoms in total. The van der Waals surface area contributed by atoms with Crippen molar-refractivity contribution in [1.82, 2.24) is 15.1 Å². The van der Waals surface area contributed by atoms with Crippen molar-refractivity contribution in [2.24, 2.45) is 4.99 Å². The normalized spacial score (nSPS) is 15.5. The fourth-order valence-electron chi connectivity index (χ4n) is 3.59. The highest BCUT2D eigenvalue weighted by Gasteiger charge is 2.13. The van der Waals surface area contributed by atoms with Crippen LogP contribution in [0.1, 0.15) is 17.5 Å². The maximum Gasteiger partial charge on any atom is 0.195 e. The first-order valence-corrected chi connectivity index (χ1v) is 11.3. The van der Waals surface area contributed by atoms with E-state index in [9.17, 15) is 0 Å². The van der Waals surface area contributed by atoms with E-state index in [4.69, 9.17) is 9.47 Å². The Labute approximate surface area is 192 Å². The van der Waals surface area contributed by atoms with Gasteiger partial charge in [0.1, 0.15) is 5.75 Å². The van der Waals surface area contributed by atoms with Crippen LogP contribution in [0.5, 0.6) is 5.75 Å². The van der Waals surface area contributed by atoms with Crippen LogP contribution >= 0.6 is 0 Å². The topological polar surface area (TPSA) is 61.4 Å². The van der Waals surface area contributed by atoms with Crippen LogP contribution in [0.4, 0.5) is 5.69 Å². The lowest BCUT2D eigenvalue weighted by molar-refractivity contribution is 0.148. The quantitative estimate of drug-likeness (QED) is 0.337. The van der Waals surface area contributed by atoms with Crippen molar-refractivity contribution >= 4 is 11.6 Å². The molecule has 1 saturated heterocycles. The molecule has 0 atom stereocenters. The van der Waals surface area contributed by atoms with Crippen molar-refractivity contribution in [1.29, 1.82) is 0 Å². The Morgan fingerprint density at radius 1 is 1.00 bits per heavy atom. The molecule has 0 radical (unpaired) electrons. The van der Waals surface area contributed by atoms with E-state index < -0.39 is 0 Å². The highest BCUT2D eigenvalue weighted by molar-refractivity contribution is 5.93. The van der Waals surface area contributed by atoms with Gasteiger partial charge in [0.2, 0.25) is 0 Å². The minimum absolute atomic E-state index is 0.634. The van der Waals surface area contributed by atoms with Crippen molar-refractivity contribution in [3.63, 3.8) is 0 Å². The number of ether oxygens (including phenoxy) is 2. The molecule has 1 heterocycles. The minimum atomic E-state index is 0.634. The molecule has 174 valence electrons. The SMILES string of the molecule is CN=C(NCc1ccc(CN2CCN(C)CC2)cc1)Nc1cccc(OCCCOC)c1. The van der Waals surface area contributed by atoms with Gasteiger partial charge in [-0.05, 0) is 30.3 Å². The summed E-state index contributed by atoms with van der Waals surface area (Å²) in [4.78, 5) is 9.25. The summed E-state index contributed by atoms with van der Waals surface area (Å²) in [6.07, 6.45) is 0.867.